The average Bonchev–Trinajstić information content (AvgIpc) is 3.62. The molecule has 0 N–H and O–H groups in total. The van der Waals surface area contributed by atoms with Crippen LogP contribution in [0.4, 0.5) is 26.3 Å². The number of halogens is 8. The van der Waals surface area contributed by atoms with E-state index in [0.29, 0.717) is 29.9 Å². The van der Waals surface area contributed by atoms with Gasteiger partial charge in [0.15, 0.2) is 0 Å². The van der Waals surface area contributed by atoms with Crippen LogP contribution < -0.4 is 24.8 Å². The molecule has 5 aromatic rings. The summed E-state index contributed by atoms with van der Waals surface area (Å²) in [5, 5.41) is 0. The van der Waals surface area contributed by atoms with Gasteiger partial charge in [-0.2, -0.15) is 0 Å². The Hall–Kier alpha value is -3.39. The van der Waals surface area contributed by atoms with Crippen molar-refractivity contribution in [1.82, 2.24) is 0 Å². The van der Waals surface area contributed by atoms with Crippen LogP contribution in [0.1, 0.15) is 120 Å². The molecule has 0 amide bonds. The van der Waals surface area contributed by atoms with Crippen LogP contribution in [0.15, 0.2) is 109 Å². The third-order valence-corrected chi connectivity index (χ3v) is 12.7. The second kappa shape index (κ2) is 15.8. The molecule has 0 saturated carbocycles. The summed E-state index contributed by atoms with van der Waals surface area (Å²) < 4.78 is 86.3. The molecule has 0 fully saturated rings. The normalized spacial score (nSPS) is 16.9. The molecule has 2 atom stereocenters. The Morgan fingerprint density at radius 3 is 1.57 bits per heavy atom. The minimum Gasteiger partial charge on any atom is -1.00 e. The topological polar surface area (TPSA) is 0 Å². The van der Waals surface area contributed by atoms with E-state index in [-0.39, 0.29) is 53.2 Å². The maximum atomic E-state index is 14.2. The van der Waals surface area contributed by atoms with Crippen molar-refractivity contribution in [1.29, 1.82) is 0 Å². The molecule has 0 aromatic heterocycles. The molecule has 0 heterocycles. The summed E-state index contributed by atoms with van der Waals surface area (Å²) in [5.41, 5.74) is 8.31. The first-order valence-electron chi connectivity index (χ1n) is 18.1. The van der Waals surface area contributed by atoms with E-state index in [2.05, 4.69) is 77.9 Å². The van der Waals surface area contributed by atoms with Crippen molar-refractivity contribution >= 4 is 20.6 Å². The number of allylic oxidation sites excluding steroid dienone is 2. The van der Waals surface area contributed by atoms with E-state index in [0.717, 1.165) is 51.9 Å². The molecular weight excluding hydrogens is 928 g/mol. The maximum absolute atomic E-state index is 14.2. The van der Waals surface area contributed by atoms with Gasteiger partial charge in [0.25, 0.3) is 0 Å². The van der Waals surface area contributed by atoms with Crippen molar-refractivity contribution in [2.75, 3.05) is 0 Å². The van der Waals surface area contributed by atoms with Crippen molar-refractivity contribution in [3.8, 4) is 0 Å². The molecule has 56 heavy (non-hydrogen) atoms. The number of benzene rings is 5. The van der Waals surface area contributed by atoms with Crippen LogP contribution in [0.3, 0.4) is 0 Å². The average molecular weight is 969 g/mol. The van der Waals surface area contributed by atoms with Crippen LogP contribution in [-0.4, -0.2) is 0 Å². The van der Waals surface area contributed by atoms with Gasteiger partial charge in [-0.15, -0.1) is 0 Å². The Kier molecular flexibility index (Phi) is 12.3. The third kappa shape index (κ3) is 8.42. The molecule has 0 radical (unpaired) electrons. The summed E-state index contributed by atoms with van der Waals surface area (Å²) in [6.07, 6.45) is -7.40. The first-order valence-corrected chi connectivity index (χ1v) is 19.9. The molecule has 2 aliphatic carbocycles. The Bertz CT molecular complexity index is 2260. The van der Waals surface area contributed by atoms with Gasteiger partial charge in [-0.05, 0) is 0 Å². The number of fused-ring (bicyclic) bond motifs is 2. The van der Waals surface area contributed by atoms with E-state index >= 15 is 0 Å². The molecule has 5 aromatic carbocycles. The van der Waals surface area contributed by atoms with E-state index in [1.165, 1.54) is 25.6 Å². The van der Waals surface area contributed by atoms with Gasteiger partial charge in [0.05, 0.1) is 0 Å². The van der Waals surface area contributed by atoms with Crippen LogP contribution in [-0.2, 0) is 54.0 Å². The van der Waals surface area contributed by atoms with E-state index in [1.807, 2.05) is 54.6 Å². The van der Waals surface area contributed by atoms with Gasteiger partial charge in [-0.3, -0.25) is 0 Å². The summed E-state index contributed by atoms with van der Waals surface area (Å²) in [4.78, 5) is 0. The zero-order chi connectivity index (χ0) is 39.0. The van der Waals surface area contributed by atoms with Crippen molar-refractivity contribution in [3.63, 3.8) is 0 Å². The second-order valence-corrected chi connectivity index (χ2v) is 18.4. The van der Waals surface area contributed by atoms with Crippen molar-refractivity contribution < 1.29 is 75.5 Å². The Labute approximate surface area is 352 Å². The standard InChI is InChI=1S/C47H41F6.2ClH.Hf/c1-44(2,3)32-20-30(21-33(25-32)45(4,5)6)39-27-42-37(41(39)19-28-13-8-7-9-14-28)17-12-18-38(42)43-36-16-11-10-15-29(36)24-40(43)31-22-34(46(48,49)50)26-35(23-31)47(51,52)53;;;/h7-18,20-26,41,43H,19H2,1-6H3;2*1H;/q;;;+2/p-2. The summed E-state index contributed by atoms with van der Waals surface area (Å²) in [6, 6.07) is 33.0. The molecule has 0 aliphatic heterocycles. The molecule has 0 bridgehead atoms. The Morgan fingerprint density at radius 1 is 0.536 bits per heavy atom. The predicted octanol–water partition coefficient (Wildman–Crippen LogP) is 7.77. The smallest absolute Gasteiger partial charge is 1.00 e. The van der Waals surface area contributed by atoms with E-state index in [9.17, 15) is 26.3 Å². The summed E-state index contributed by atoms with van der Waals surface area (Å²) in [6.45, 7) is 13.3. The molecule has 2 aliphatic rings. The number of alkyl halides is 6. The molecule has 2 unspecified atom stereocenters. The number of hydrogen-bond acceptors (Lipinski definition) is 0. The van der Waals surface area contributed by atoms with Crippen LogP contribution in [0, 0.1) is 0 Å². The molecule has 289 valence electrons. The molecule has 7 rings (SSSR count). The van der Waals surface area contributed by atoms with Gasteiger partial charge in [0.2, 0.25) is 0 Å². The second-order valence-electron chi connectivity index (χ2n) is 16.6. The minimum atomic E-state index is -4.95. The molecule has 0 spiro atoms. The van der Waals surface area contributed by atoms with Gasteiger partial charge < -0.3 is 24.8 Å². The van der Waals surface area contributed by atoms with Gasteiger partial charge >= 0.3 is 330 Å². The quantitative estimate of drug-likeness (QED) is 0.125. The first kappa shape index (κ1) is 43.7. The third-order valence-electron chi connectivity index (χ3n) is 10.8. The van der Waals surface area contributed by atoms with E-state index < -0.39 is 29.4 Å². The van der Waals surface area contributed by atoms with Crippen molar-refractivity contribution in [2.45, 2.75) is 83.0 Å². The van der Waals surface area contributed by atoms with Crippen LogP contribution in [0.25, 0.3) is 20.6 Å². The Balaban J connectivity index is 0.00000300. The monoisotopic (exact) mass is 969 g/mol. The van der Waals surface area contributed by atoms with Crippen LogP contribution >= 0.6 is 0 Å². The summed E-state index contributed by atoms with van der Waals surface area (Å²) in [7, 11) is 0. The van der Waals surface area contributed by atoms with Crippen molar-refractivity contribution in [3.05, 3.63) is 176 Å². The zero-order valence-electron chi connectivity index (χ0n) is 31.9. The van der Waals surface area contributed by atoms with Gasteiger partial charge in [0, 0.05) is 0 Å². The van der Waals surface area contributed by atoms with Crippen molar-refractivity contribution in [2.24, 2.45) is 0 Å². The molecule has 0 nitrogen and oxygen atoms in total. The Morgan fingerprint density at radius 2 is 1.02 bits per heavy atom. The first-order chi connectivity index (χ1) is 25.2. The maximum Gasteiger partial charge on any atom is -1.00 e. The molecule has 9 heteroatoms. The van der Waals surface area contributed by atoms with Gasteiger partial charge in [-0.1, -0.05) is 0 Å². The summed E-state index contributed by atoms with van der Waals surface area (Å²) >= 11 is 0.664. The van der Waals surface area contributed by atoms with Crippen LogP contribution in [0.5, 0.6) is 0 Å². The zero-order valence-corrected chi connectivity index (χ0v) is 37.0. The van der Waals surface area contributed by atoms with E-state index in [4.69, 9.17) is 0 Å². The van der Waals surface area contributed by atoms with Gasteiger partial charge in [-0.25, -0.2) is 0 Å². The largest absolute Gasteiger partial charge is 1.00 e. The van der Waals surface area contributed by atoms with E-state index in [1.54, 1.807) is 6.08 Å². The van der Waals surface area contributed by atoms with Crippen LogP contribution in [0.2, 0.25) is 0 Å². The molecule has 0 saturated heterocycles. The fraction of sp³-hybridized carbons (Fsp3) is 0.277. The van der Waals surface area contributed by atoms with Gasteiger partial charge in [0.1, 0.15) is 0 Å². The fourth-order valence-electron chi connectivity index (χ4n) is 7.96. The summed E-state index contributed by atoms with van der Waals surface area (Å²) in [5.74, 6) is -0.584. The fourth-order valence-corrected chi connectivity index (χ4v) is 10.1. The number of rotatable bonds is 5. The number of hydrogen-bond donors (Lipinski definition) is 0. The predicted molar refractivity (Wildman–Crippen MR) is 203 cm³/mol. The molecular formula is C47H41Cl2F6Hf. The SMILES string of the molecule is CC(C)(C)c1cc(C2=[C]([Hf+2])c3c(cccc3C3C(c4cc(C(F)(F)F)cc(C(F)(F)F)c4)=Cc4ccccc43)C2Cc2ccccc2)cc(C(C)(C)C)c1.[Cl-].[Cl-]. The minimum absolute atomic E-state index is 0.